The number of carbonyl (C=O) groups excluding carboxylic acids is 2. The lowest BCUT2D eigenvalue weighted by atomic mass is 9.68. The van der Waals surface area contributed by atoms with Crippen LogP contribution in [0.25, 0.3) is 0 Å². The predicted molar refractivity (Wildman–Crippen MR) is 104 cm³/mol. The van der Waals surface area contributed by atoms with Crippen LogP contribution in [0.5, 0.6) is 0 Å². The van der Waals surface area contributed by atoms with Gasteiger partial charge in [0.2, 0.25) is 5.91 Å². The maximum absolute atomic E-state index is 12.4. The molecule has 1 fully saturated rings. The first kappa shape index (κ1) is 20.1. The van der Waals surface area contributed by atoms with Gasteiger partial charge in [0, 0.05) is 44.1 Å². The van der Waals surface area contributed by atoms with Crippen LogP contribution >= 0.6 is 0 Å². The largest absolute Gasteiger partial charge is 0.444 e. The molecule has 2 aliphatic heterocycles. The molecule has 0 aliphatic carbocycles. The number of non-ortho nitro benzene ring substituents is 1. The molecule has 0 unspecified atom stereocenters. The Morgan fingerprint density at radius 2 is 1.75 bits per heavy atom. The van der Waals surface area contributed by atoms with Crippen molar-refractivity contribution < 1.29 is 19.2 Å². The second-order valence-corrected chi connectivity index (χ2v) is 8.63. The molecule has 0 saturated carbocycles. The first-order valence-electron chi connectivity index (χ1n) is 9.57. The zero-order valence-electron chi connectivity index (χ0n) is 16.9. The lowest BCUT2D eigenvalue weighted by Crippen LogP contribution is -2.50. The molecule has 3 rings (SSSR count). The second kappa shape index (κ2) is 7.07. The van der Waals surface area contributed by atoms with E-state index >= 15 is 0 Å². The van der Waals surface area contributed by atoms with Gasteiger partial charge >= 0.3 is 6.09 Å². The van der Waals surface area contributed by atoms with E-state index in [1.165, 1.54) is 19.1 Å². The summed E-state index contributed by atoms with van der Waals surface area (Å²) in [6, 6.07) is 4.79. The molecule has 2 amide bonds. The molecule has 0 radical (unpaired) electrons. The van der Waals surface area contributed by atoms with Gasteiger partial charge in [0.25, 0.3) is 5.69 Å². The van der Waals surface area contributed by atoms with Crippen LogP contribution in [0.3, 0.4) is 0 Å². The molecule has 0 bridgehead atoms. The number of nitro benzene ring substituents is 1. The fourth-order valence-corrected chi connectivity index (χ4v) is 4.18. The minimum absolute atomic E-state index is 0.0201. The van der Waals surface area contributed by atoms with Crippen LogP contribution in [-0.4, -0.2) is 47.1 Å². The minimum Gasteiger partial charge on any atom is -0.444 e. The third-order valence-corrected chi connectivity index (χ3v) is 5.62. The Labute approximate surface area is 164 Å². The van der Waals surface area contributed by atoms with Crippen molar-refractivity contribution in [3.63, 3.8) is 0 Å². The number of carbonyl (C=O) groups is 2. The van der Waals surface area contributed by atoms with E-state index in [2.05, 4.69) is 0 Å². The predicted octanol–water partition coefficient (Wildman–Crippen LogP) is 3.62. The molecule has 1 saturated heterocycles. The number of hydrogen-bond donors (Lipinski definition) is 0. The number of hydrogen-bond acceptors (Lipinski definition) is 5. The molecule has 28 heavy (non-hydrogen) atoms. The van der Waals surface area contributed by atoms with Crippen LogP contribution in [0.1, 0.15) is 52.5 Å². The topological polar surface area (TPSA) is 93.0 Å². The molecule has 2 heterocycles. The summed E-state index contributed by atoms with van der Waals surface area (Å²) >= 11 is 0. The maximum Gasteiger partial charge on any atom is 0.410 e. The molecule has 0 N–H and O–H groups in total. The fourth-order valence-electron chi connectivity index (χ4n) is 4.18. The smallest absolute Gasteiger partial charge is 0.410 e. The molecule has 8 nitrogen and oxygen atoms in total. The van der Waals surface area contributed by atoms with Crippen molar-refractivity contribution in [3.8, 4) is 0 Å². The molecular weight excluding hydrogens is 362 g/mol. The third kappa shape index (κ3) is 3.81. The van der Waals surface area contributed by atoms with Gasteiger partial charge in [0.15, 0.2) is 0 Å². The van der Waals surface area contributed by atoms with Crippen LogP contribution in [0.15, 0.2) is 18.2 Å². The number of amides is 2. The number of rotatable bonds is 1. The average Bonchev–Trinajstić information content (AvgIpc) is 2.60. The lowest BCUT2D eigenvalue weighted by molar-refractivity contribution is -0.384. The summed E-state index contributed by atoms with van der Waals surface area (Å²) in [5.41, 5.74) is 0.842. The monoisotopic (exact) mass is 389 g/mol. The number of nitrogens with zero attached hydrogens (tertiary/aromatic N) is 3. The van der Waals surface area contributed by atoms with Gasteiger partial charge in [-0.1, -0.05) is 0 Å². The Hall–Kier alpha value is -2.64. The zero-order valence-corrected chi connectivity index (χ0v) is 16.9. The molecule has 1 aromatic rings. The Balaban J connectivity index is 1.86. The SMILES string of the molecule is CC(=O)N1CCC2(CCN(C(=O)OC(C)(C)C)CC2)c2ccc([N+](=O)[O-])cc21. The summed E-state index contributed by atoms with van der Waals surface area (Å²) in [6.45, 7) is 8.66. The number of nitro groups is 1. The van der Waals surface area contributed by atoms with Crippen LogP contribution in [0.2, 0.25) is 0 Å². The van der Waals surface area contributed by atoms with E-state index in [9.17, 15) is 19.7 Å². The van der Waals surface area contributed by atoms with E-state index in [4.69, 9.17) is 4.74 Å². The summed E-state index contributed by atoms with van der Waals surface area (Å²) in [4.78, 5) is 38.5. The number of anilines is 1. The number of likely N-dealkylation sites (tertiary alicyclic amines) is 1. The fraction of sp³-hybridized carbons (Fsp3) is 0.600. The number of piperidine rings is 1. The van der Waals surface area contributed by atoms with Crippen molar-refractivity contribution >= 4 is 23.4 Å². The maximum atomic E-state index is 12.4. The van der Waals surface area contributed by atoms with E-state index in [-0.39, 0.29) is 23.1 Å². The van der Waals surface area contributed by atoms with Gasteiger partial charge in [0.1, 0.15) is 5.60 Å². The van der Waals surface area contributed by atoms with Gasteiger partial charge in [-0.25, -0.2) is 4.79 Å². The van der Waals surface area contributed by atoms with E-state index in [1.807, 2.05) is 20.8 Å². The van der Waals surface area contributed by atoms with Crippen LogP contribution in [-0.2, 0) is 14.9 Å². The Bertz CT molecular complexity index is 807. The standard InChI is InChI=1S/C20H27N3O5/c1-14(24)22-12-9-20(16-6-5-15(23(26)27)13-17(16)22)7-10-21(11-8-20)18(25)28-19(2,3)4/h5-6,13H,7-12H2,1-4H3. The Morgan fingerprint density at radius 1 is 1.14 bits per heavy atom. The quantitative estimate of drug-likeness (QED) is 0.540. The van der Waals surface area contributed by atoms with Crippen molar-refractivity contribution in [3.05, 3.63) is 33.9 Å². The van der Waals surface area contributed by atoms with Crippen molar-refractivity contribution in [2.45, 2.75) is 58.0 Å². The summed E-state index contributed by atoms with van der Waals surface area (Å²) < 4.78 is 5.47. The molecule has 0 aromatic heterocycles. The second-order valence-electron chi connectivity index (χ2n) is 8.63. The van der Waals surface area contributed by atoms with Crippen molar-refractivity contribution in [1.82, 2.24) is 4.90 Å². The zero-order chi connectivity index (χ0) is 20.7. The van der Waals surface area contributed by atoms with Gasteiger partial charge in [-0.15, -0.1) is 0 Å². The van der Waals surface area contributed by atoms with Gasteiger partial charge in [-0.3, -0.25) is 14.9 Å². The van der Waals surface area contributed by atoms with E-state index in [0.717, 1.165) is 24.8 Å². The summed E-state index contributed by atoms with van der Waals surface area (Å²) in [5.74, 6) is -0.122. The van der Waals surface area contributed by atoms with Crippen molar-refractivity contribution in [2.24, 2.45) is 0 Å². The summed E-state index contributed by atoms with van der Waals surface area (Å²) in [5, 5.41) is 11.2. The van der Waals surface area contributed by atoms with Crippen LogP contribution in [0.4, 0.5) is 16.2 Å². The molecule has 152 valence electrons. The van der Waals surface area contributed by atoms with Gasteiger partial charge < -0.3 is 14.5 Å². The summed E-state index contributed by atoms with van der Waals surface area (Å²) in [6.07, 6.45) is 1.94. The number of ether oxygens (including phenoxy) is 1. The highest BCUT2D eigenvalue weighted by molar-refractivity contribution is 5.93. The van der Waals surface area contributed by atoms with Crippen LogP contribution in [0, 0.1) is 10.1 Å². The Morgan fingerprint density at radius 3 is 2.29 bits per heavy atom. The first-order valence-corrected chi connectivity index (χ1v) is 9.57. The van der Waals surface area contributed by atoms with Crippen LogP contribution < -0.4 is 4.90 Å². The lowest BCUT2D eigenvalue weighted by Gasteiger charge is -2.47. The highest BCUT2D eigenvalue weighted by Gasteiger charge is 2.44. The molecule has 8 heteroatoms. The van der Waals surface area contributed by atoms with E-state index in [0.29, 0.717) is 25.3 Å². The third-order valence-electron chi connectivity index (χ3n) is 5.62. The van der Waals surface area contributed by atoms with Gasteiger partial charge in [-0.2, -0.15) is 0 Å². The molecule has 1 spiro atoms. The minimum atomic E-state index is -0.537. The highest BCUT2D eigenvalue weighted by Crippen LogP contribution is 2.47. The molecule has 0 atom stereocenters. The van der Waals surface area contributed by atoms with E-state index in [1.54, 1.807) is 15.9 Å². The van der Waals surface area contributed by atoms with Crippen molar-refractivity contribution in [1.29, 1.82) is 0 Å². The molecule has 2 aliphatic rings. The number of fused-ring (bicyclic) bond motifs is 2. The molecule has 1 aromatic carbocycles. The van der Waals surface area contributed by atoms with Crippen molar-refractivity contribution in [2.75, 3.05) is 24.5 Å². The first-order chi connectivity index (χ1) is 13.0. The Kier molecular flexibility index (Phi) is 5.08. The average molecular weight is 389 g/mol. The normalized spacial score (nSPS) is 18.6. The summed E-state index contributed by atoms with van der Waals surface area (Å²) in [7, 11) is 0. The van der Waals surface area contributed by atoms with Gasteiger partial charge in [0.05, 0.1) is 10.6 Å². The number of benzene rings is 1. The van der Waals surface area contributed by atoms with E-state index < -0.39 is 10.5 Å². The highest BCUT2D eigenvalue weighted by atomic mass is 16.6. The van der Waals surface area contributed by atoms with Gasteiger partial charge in [-0.05, 0) is 51.7 Å². The molecular formula is C20H27N3O5.